The number of phenols is 1. The third-order valence-electron chi connectivity index (χ3n) is 5.71. The minimum Gasteiger partial charge on any atom is -0.504 e. The van der Waals surface area contributed by atoms with E-state index in [0.29, 0.717) is 16.3 Å². The normalized spacial score (nSPS) is 14.9. The molecule has 0 fully saturated rings. The molecule has 11 heteroatoms. The maximum atomic E-state index is 13.7. The molecule has 0 spiro atoms. The molecule has 0 aliphatic carbocycles. The van der Waals surface area contributed by atoms with Crippen LogP contribution in [0.5, 0.6) is 11.5 Å². The number of anilines is 1. The summed E-state index contributed by atoms with van der Waals surface area (Å²) in [5.41, 5.74) is 0.704. The van der Waals surface area contributed by atoms with Crippen molar-refractivity contribution < 1.29 is 28.6 Å². The number of rotatable bonds is 4. The van der Waals surface area contributed by atoms with Crippen molar-refractivity contribution in [3.05, 3.63) is 79.1 Å². The largest absolute Gasteiger partial charge is 0.504 e. The van der Waals surface area contributed by atoms with Crippen molar-refractivity contribution in [3.63, 3.8) is 0 Å². The van der Waals surface area contributed by atoms with Crippen LogP contribution in [-0.2, 0) is 4.74 Å². The molecule has 0 bridgehead atoms. The Balaban J connectivity index is 1.80. The van der Waals surface area contributed by atoms with Gasteiger partial charge < -0.3 is 19.0 Å². The van der Waals surface area contributed by atoms with Crippen molar-refractivity contribution >= 4 is 50.9 Å². The summed E-state index contributed by atoms with van der Waals surface area (Å²) in [5, 5.41) is 10.8. The molecule has 9 nitrogen and oxygen atoms in total. The standard InChI is InChI=1S/C24H17ClN2O7S/c1-10-21(23(31)33-3)35-24(26-10)27-18(11-4-6-14(28)16(8-11)32-2)17-19(29)13-9-12(25)5-7-15(13)34-20(17)22(27)30/h4-9,18,28H,1-3H3. The van der Waals surface area contributed by atoms with Crippen molar-refractivity contribution in [3.8, 4) is 11.5 Å². The van der Waals surface area contributed by atoms with E-state index in [2.05, 4.69) is 4.98 Å². The molecule has 1 unspecified atom stereocenters. The van der Waals surface area contributed by atoms with Gasteiger partial charge in [0.05, 0.1) is 36.9 Å². The fraction of sp³-hybridized carbons (Fsp3) is 0.167. The number of ether oxygens (including phenoxy) is 2. The summed E-state index contributed by atoms with van der Waals surface area (Å²) in [5.74, 6) is -1.29. The number of fused-ring (bicyclic) bond motifs is 2. The summed E-state index contributed by atoms with van der Waals surface area (Å²) in [4.78, 5) is 45.5. The van der Waals surface area contributed by atoms with Gasteiger partial charge in [-0.2, -0.15) is 0 Å². The second kappa shape index (κ2) is 8.40. The van der Waals surface area contributed by atoms with Gasteiger partial charge in [-0.15, -0.1) is 0 Å². The molecule has 1 aliphatic rings. The highest BCUT2D eigenvalue weighted by Gasteiger charge is 2.45. The Bertz CT molecular complexity index is 1590. The predicted octanol–water partition coefficient (Wildman–Crippen LogP) is 4.46. The van der Waals surface area contributed by atoms with Gasteiger partial charge >= 0.3 is 5.97 Å². The van der Waals surface area contributed by atoms with Crippen LogP contribution in [0.2, 0.25) is 5.02 Å². The van der Waals surface area contributed by atoms with Gasteiger partial charge in [0, 0.05) is 5.02 Å². The highest BCUT2D eigenvalue weighted by molar-refractivity contribution is 7.17. The Labute approximate surface area is 207 Å². The Morgan fingerprint density at radius 3 is 2.69 bits per heavy atom. The van der Waals surface area contributed by atoms with Crippen LogP contribution < -0.4 is 15.1 Å². The summed E-state index contributed by atoms with van der Waals surface area (Å²) in [6, 6.07) is 8.10. The molecule has 3 heterocycles. The predicted molar refractivity (Wildman–Crippen MR) is 129 cm³/mol. The first-order valence-electron chi connectivity index (χ1n) is 10.3. The molecule has 178 valence electrons. The Morgan fingerprint density at radius 1 is 1.20 bits per heavy atom. The highest BCUT2D eigenvalue weighted by atomic mass is 35.5. The van der Waals surface area contributed by atoms with Crippen molar-refractivity contribution in [2.75, 3.05) is 19.1 Å². The van der Waals surface area contributed by atoms with Crippen molar-refractivity contribution in [1.29, 1.82) is 0 Å². The van der Waals surface area contributed by atoms with Crippen LogP contribution in [0.25, 0.3) is 11.0 Å². The topological polar surface area (TPSA) is 119 Å². The van der Waals surface area contributed by atoms with Gasteiger partial charge in [0.15, 0.2) is 22.1 Å². The van der Waals surface area contributed by atoms with Gasteiger partial charge in [0.25, 0.3) is 5.91 Å². The molecule has 1 atom stereocenters. The van der Waals surface area contributed by atoms with E-state index in [4.69, 9.17) is 25.5 Å². The van der Waals surface area contributed by atoms with E-state index in [-0.39, 0.29) is 43.8 Å². The smallest absolute Gasteiger partial charge is 0.350 e. The molecule has 2 aromatic heterocycles. The average molecular weight is 513 g/mol. The first kappa shape index (κ1) is 22.9. The number of halogens is 1. The van der Waals surface area contributed by atoms with Crippen LogP contribution in [0, 0.1) is 6.92 Å². The number of hydrogen-bond acceptors (Lipinski definition) is 9. The van der Waals surface area contributed by atoms with Crippen molar-refractivity contribution in [2.45, 2.75) is 13.0 Å². The maximum Gasteiger partial charge on any atom is 0.350 e. The SMILES string of the molecule is COC(=O)c1sc(N2C(=O)c3oc4ccc(Cl)cc4c(=O)c3C2c2ccc(O)c(OC)c2)nc1C. The summed E-state index contributed by atoms with van der Waals surface area (Å²) in [6.07, 6.45) is 0. The van der Waals surface area contributed by atoms with E-state index in [1.807, 2.05) is 0 Å². The number of thiazole rings is 1. The third-order valence-corrected chi connectivity index (χ3v) is 7.09. The molecule has 0 radical (unpaired) electrons. The van der Waals surface area contributed by atoms with Crippen LogP contribution in [0.3, 0.4) is 0 Å². The van der Waals surface area contributed by atoms with E-state index in [1.165, 1.54) is 43.4 Å². The lowest BCUT2D eigenvalue weighted by molar-refractivity contribution is 0.0605. The number of phenolic OH excluding ortho intramolecular Hbond substituents is 1. The van der Waals surface area contributed by atoms with E-state index in [9.17, 15) is 19.5 Å². The monoisotopic (exact) mass is 512 g/mol. The van der Waals surface area contributed by atoms with Gasteiger partial charge in [0.2, 0.25) is 5.76 Å². The first-order valence-corrected chi connectivity index (χ1v) is 11.5. The van der Waals surface area contributed by atoms with Gasteiger partial charge in [-0.05, 0) is 42.8 Å². The lowest BCUT2D eigenvalue weighted by Crippen LogP contribution is -2.29. The molecule has 0 saturated heterocycles. The van der Waals surface area contributed by atoms with Gasteiger partial charge in [-0.1, -0.05) is 29.0 Å². The molecule has 5 rings (SSSR count). The van der Waals surface area contributed by atoms with E-state index in [1.54, 1.807) is 19.1 Å². The van der Waals surface area contributed by atoms with Crippen LogP contribution in [0.1, 0.15) is 43.1 Å². The number of methoxy groups -OCH3 is 2. The van der Waals surface area contributed by atoms with Crippen LogP contribution in [0.4, 0.5) is 5.13 Å². The fourth-order valence-corrected chi connectivity index (χ4v) is 5.27. The van der Waals surface area contributed by atoms with E-state index in [0.717, 1.165) is 11.3 Å². The summed E-state index contributed by atoms with van der Waals surface area (Å²) in [6.45, 7) is 1.62. The number of amides is 1. The molecule has 2 aromatic carbocycles. The minimum atomic E-state index is -0.970. The molecule has 35 heavy (non-hydrogen) atoms. The Kier molecular flexibility index (Phi) is 5.49. The van der Waals surface area contributed by atoms with Gasteiger partial charge in [0.1, 0.15) is 10.5 Å². The quantitative estimate of drug-likeness (QED) is 0.398. The molecular weight excluding hydrogens is 496 g/mol. The average Bonchev–Trinajstić information content (AvgIpc) is 3.37. The zero-order chi connectivity index (χ0) is 25.0. The van der Waals surface area contributed by atoms with Gasteiger partial charge in [-0.25, -0.2) is 9.78 Å². The van der Waals surface area contributed by atoms with Crippen molar-refractivity contribution in [1.82, 2.24) is 4.98 Å². The number of carbonyl (C=O) groups excluding carboxylic acids is 2. The Hall–Kier alpha value is -3.89. The molecule has 1 amide bonds. The molecule has 1 N–H and O–H groups in total. The summed E-state index contributed by atoms with van der Waals surface area (Å²) < 4.78 is 16.0. The number of hydrogen-bond donors (Lipinski definition) is 1. The zero-order valence-electron chi connectivity index (χ0n) is 18.6. The highest BCUT2D eigenvalue weighted by Crippen LogP contribution is 2.44. The van der Waals surface area contributed by atoms with Crippen molar-refractivity contribution in [2.24, 2.45) is 0 Å². The van der Waals surface area contributed by atoms with Gasteiger partial charge in [-0.3, -0.25) is 14.5 Å². The number of nitrogens with zero attached hydrogens (tertiary/aromatic N) is 2. The number of aryl methyl sites for hydroxylation is 1. The minimum absolute atomic E-state index is 0.0879. The number of carbonyl (C=O) groups is 2. The summed E-state index contributed by atoms with van der Waals surface area (Å²) >= 11 is 7.08. The second-order valence-corrected chi connectivity index (χ2v) is 9.14. The molecule has 0 saturated carbocycles. The third kappa shape index (κ3) is 3.53. The maximum absolute atomic E-state index is 13.7. The lowest BCUT2D eigenvalue weighted by atomic mass is 9.98. The van der Waals surface area contributed by atoms with Crippen LogP contribution in [-0.4, -0.2) is 36.2 Å². The van der Waals surface area contributed by atoms with Crippen LogP contribution >= 0.6 is 22.9 Å². The fourth-order valence-electron chi connectivity index (χ4n) is 4.09. The van der Waals surface area contributed by atoms with E-state index >= 15 is 0 Å². The Morgan fingerprint density at radius 2 is 1.97 bits per heavy atom. The van der Waals surface area contributed by atoms with E-state index < -0.39 is 23.3 Å². The second-order valence-electron chi connectivity index (χ2n) is 7.73. The number of esters is 1. The zero-order valence-corrected chi connectivity index (χ0v) is 20.2. The number of aromatic hydroxyl groups is 1. The van der Waals surface area contributed by atoms with Crippen LogP contribution in [0.15, 0.2) is 45.6 Å². The molecule has 1 aliphatic heterocycles. The summed E-state index contributed by atoms with van der Waals surface area (Å²) in [7, 11) is 2.64. The first-order chi connectivity index (χ1) is 16.7. The number of benzene rings is 2. The molecular formula is C24H17ClN2O7S. The molecule has 4 aromatic rings. The number of aromatic nitrogens is 1. The lowest BCUT2D eigenvalue weighted by Gasteiger charge is -2.23.